The van der Waals surface area contributed by atoms with Crippen LogP contribution < -0.4 is 18.9 Å². The van der Waals surface area contributed by atoms with Crippen LogP contribution in [-0.2, 0) is 0 Å². The van der Waals surface area contributed by atoms with Crippen molar-refractivity contribution < 1.29 is 38.7 Å². The zero-order valence-corrected chi connectivity index (χ0v) is 19.4. The molecule has 0 spiro atoms. The predicted molar refractivity (Wildman–Crippen MR) is 131 cm³/mol. The van der Waals surface area contributed by atoms with E-state index in [1.807, 2.05) is 0 Å². The molecule has 4 rings (SSSR count). The summed E-state index contributed by atoms with van der Waals surface area (Å²) in [7, 11) is 3.01. The molecular formula is C28H22O8. The van der Waals surface area contributed by atoms with Gasteiger partial charge in [-0.3, -0.25) is 0 Å². The van der Waals surface area contributed by atoms with Crippen molar-refractivity contribution >= 4 is 11.9 Å². The van der Waals surface area contributed by atoms with Crippen LogP contribution in [0, 0.1) is 0 Å². The van der Waals surface area contributed by atoms with Crippen LogP contribution in [0.25, 0.3) is 11.1 Å². The van der Waals surface area contributed by atoms with Gasteiger partial charge in [-0.2, -0.15) is 0 Å². The second kappa shape index (κ2) is 10.5. The van der Waals surface area contributed by atoms with Gasteiger partial charge in [-0.1, -0.05) is 24.3 Å². The van der Waals surface area contributed by atoms with E-state index in [2.05, 4.69) is 0 Å². The standard InChI is InChI=1S/C28H22O8/c1-33-25-14-8-20(16-26(25)34-2)28(32)36-22-11-5-18(6-12-22)17-3-9-21(10-4-17)35-27(31)19-7-13-23(29)24(30)15-19/h3-16,29-30H,1-2H3. The van der Waals surface area contributed by atoms with Crippen molar-refractivity contribution in [3.8, 4) is 45.6 Å². The highest BCUT2D eigenvalue weighted by atomic mass is 16.5. The fourth-order valence-corrected chi connectivity index (χ4v) is 3.38. The van der Waals surface area contributed by atoms with Gasteiger partial charge in [0.25, 0.3) is 0 Å². The van der Waals surface area contributed by atoms with Crippen LogP contribution in [-0.4, -0.2) is 36.4 Å². The highest BCUT2D eigenvalue weighted by Crippen LogP contribution is 2.29. The first-order chi connectivity index (χ1) is 17.4. The molecule has 0 saturated carbocycles. The van der Waals surface area contributed by atoms with Crippen molar-refractivity contribution in [2.24, 2.45) is 0 Å². The third kappa shape index (κ3) is 5.39. The molecule has 0 bridgehead atoms. The quantitative estimate of drug-likeness (QED) is 0.208. The van der Waals surface area contributed by atoms with Crippen LogP contribution in [0.5, 0.6) is 34.5 Å². The Hall–Kier alpha value is -4.98. The Morgan fingerprint density at radius 3 is 1.50 bits per heavy atom. The van der Waals surface area contributed by atoms with Crippen LogP contribution in [0.4, 0.5) is 0 Å². The summed E-state index contributed by atoms with van der Waals surface area (Å²) in [6, 6.07) is 22.3. The van der Waals surface area contributed by atoms with Crippen molar-refractivity contribution in [2.75, 3.05) is 14.2 Å². The predicted octanol–water partition coefficient (Wildman–Crippen LogP) is 5.22. The average molecular weight is 486 g/mol. The van der Waals surface area contributed by atoms with Crippen molar-refractivity contribution in [1.29, 1.82) is 0 Å². The number of methoxy groups -OCH3 is 2. The van der Waals surface area contributed by atoms with Crippen molar-refractivity contribution in [2.45, 2.75) is 0 Å². The first-order valence-corrected chi connectivity index (χ1v) is 10.8. The van der Waals surface area contributed by atoms with Crippen LogP contribution in [0.3, 0.4) is 0 Å². The van der Waals surface area contributed by atoms with E-state index in [9.17, 15) is 19.8 Å². The highest BCUT2D eigenvalue weighted by molar-refractivity contribution is 5.92. The molecule has 36 heavy (non-hydrogen) atoms. The van der Waals surface area contributed by atoms with Gasteiger partial charge in [0.1, 0.15) is 11.5 Å². The van der Waals surface area contributed by atoms with Gasteiger partial charge in [0.2, 0.25) is 0 Å². The first kappa shape index (κ1) is 24.2. The maximum atomic E-state index is 12.5. The van der Waals surface area contributed by atoms with Gasteiger partial charge >= 0.3 is 11.9 Å². The van der Waals surface area contributed by atoms with Crippen LogP contribution >= 0.6 is 0 Å². The average Bonchev–Trinajstić information content (AvgIpc) is 2.90. The van der Waals surface area contributed by atoms with E-state index in [1.165, 1.54) is 26.4 Å². The smallest absolute Gasteiger partial charge is 0.343 e. The minimum atomic E-state index is -0.668. The number of hydrogen-bond acceptors (Lipinski definition) is 8. The molecule has 8 nitrogen and oxygen atoms in total. The summed E-state index contributed by atoms with van der Waals surface area (Å²) in [6.07, 6.45) is 0. The molecule has 0 aliphatic heterocycles. The lowest BCUT2D eigenvalue weighted by atomic mass is 10.1. The van der Waals surface area contributed by atoms with Crippen LogP contribution in [0.2, 0.25) is 0 Å². The third-order valence-electron chi connectivity index (χ3n) is 5.29. The summed E-state index contributed by atoms with van der Waals surface area (Å²) in [5.41, 5.74) is 2.15. The summed E-state index contributed by atoms with van der Waals surface area (Å²) in [5.74, 6) is -0.291. The minimum Gasteiger partial charge on any atom is -0.504 e. The third-order valence-corrected chi connectivity index (χ3v) is 5.29. The number of benzene rings is 4. The van der Waals surface area contributed by atoms with Gasteiger partial charge in [-0.05, 0) is 71.8 Å². The van der Waals surface area contributed by atoms with E-state index in [0.29, 0.717) is 28.6 Å². The molecule has 0 saturated heterocycles. The number of phenols is 2. The maximum absolute atomic E-state index is 12.5. The van der Waals surface area contributed by atoms with Gasteiger partial charge in [0.05, 0.1) is 25.3 Å². The van der Waals surface area contributed by atoms with Gasteiger partial charge in [0, 0.05) is 0 Å². The van der Waals surface area contributed by atoms with Crippen molar-refractivity contribution in [1.82, 2.24) is 0 Å². The number of aromatic hydroxyl groups is 2. The zero-order chi connectivity index (χ0) is 25.7. The Morgan fingerprint density at radius 2 is 1.03 bits per heavy atom. The Balaban J connectivity index is 1.40. The first-order valence-electron chi connectivity index (χ1n) is 10.8. The molecule has 2 N–H and O–H groups in total. The number of phenolic OH excluding ortho intramolecular Hbond substituents is 2. The molecule has 0 aliphatic carbocycles. The zero-order valence-electron chi connectivity index (χ0n) is 19.4. The number of ether oxygens (including phenoxy) is 4. The second-order valence-electron chi connectivity index (χ2n) is 7.60. The molecule has 182 valence electrons. The fraction of sp³-hybridized carbons (Fsp3) is 0.0714. The number of esters is 2. The van der Waals surface area contributed by atoms with E-state index in [0.717, 1.165) is 17.2 Å². The Kier molecular flexibility index (Phi) is 7.06. The monoisotopic (exact) mass is 486 g/mol. The van der Waals surface area contributed by atoms with E-state index < -0.39 is 17.7 Å². The minimum absolute atomic E-state index is 0.104. The number of rotatable bonds is 7. The lowest BCUT2D eigenvalue weighted by Crippen LogP contribution is -2.08. The van der Waals surface area contributed by atoms with Crippen molar-refractivity contribution in [3.63, 3.8) is 0 Å². The number of carbonyl (C=O) groups is 2. The summed E-state index contributed by atoms with van der Waals surface area (Å²) in [4.78, 5) is 24.8. The van der Waals surface area contributed by atoms with Gasteiger partial charge in [-0.15, -0.1) is 0 Å². The SMILES string of the molecule is COc1ccc(C(=O)Oc2ccc(-c3ccc(OC(=O)c4ccc(O)c(O)c4)cc3)cc2)cc1OC. The molecule has 4 aromatic carbocycles. The number of hydrogen-bond donors (Lipinski definition) is 2. The Bertz CT molecular complexity index is 1390. The van der Waals surface area contributed by atoms with Crippen LogP contribution in [0.15, 0.2) is 84.9 Å². The molecule has 0 unspecified atom stereocenters. The van der Waals surface area contributed by atoms with Gasteiger partial charge in [0.15, 0.2) is 23.0 Å². The fourth-order valence-electron chi connectivity index (χ4n) is 3.38. The molecule has 0 aliphatic rings. The largest absolute Gasteiger partial charge is 0.504 e. The van der Waals surface area contributed by atoms with E-state index in [-0.39, 0.29) is 11.3 Å². The summed E-state index contributed by atoms with van der Waals surface area (Å²) >= 11 is 0. The maximum Gasteiger partial charge on any atom is 0.343 e. The van der Waals surface area contributed by atoms with E-state index in [4.69, 9.17) is 18.9 Å². The van der Waals surface area contributed by atoms with Gasteiger partial charge in [-0.25, -0.2) is 9.59 Å². The second-order valence-corrected chi connectivity index (χ2v) is 7.60. The lowest BCUT2D eigenvalue weighted by molar-refractivity contribution is 0.0724. The Morgan fingerprint density at radius 1 is 0.556 bits per heavy atom. The molecule has 0 amide bonds. The molecule has 4 aromatic rings. The highest BCUT2D eigenvalue weighted by Gasteiger charge is 2.14. The molecule has 0 radical (unpaired) electrons. The summed E-state index contributed by atoms with van der Waals surface area (Å²) < 4.78 is 21.2. The molecule has 0 heterocycles. The molecule has 8 heteroatoms. The molecule has 0 fully saturated rings. The molecular weight excluding hydrogens is 464 g/mol. The lowest BCUT2D eigenvalue weighted by Gasteiger charge is -2.10. The van der Waals surface area contributed by atoms with Gasteiger partial charge < -0.3 is 29.2 Å². The normalized spacial score (nSPS) is 10.4. The number of carbonyl (C=O) groups excluding carboxylic acids is 2. The topological polar surface area (TPSA) is 112 Å². The summed E-state index contributed by atoms with van der Waals surface area (Å²) in [5, 5.41) is 18.9. The Labute approximate surface area is 206 Å². The molecule has 0 aromatic heterocycles. The molecule has 0 atom stereocenters. The van der Waals surface area contributed by atoms with Crippen molar-refractivity contribution in [3.05, 3.63) is 96.1 Å². The van der Waals surface area contributed by atoms with E-state index in [1.54, 1.807) is 66.7 Å². The van der Waals surface area contributed by atoms with E-state index >= 15 is 0 Å². The van der Waals surface area contributed by atoms with Crippen LogP contribution in [0.1, 0.15) is 20.7 Å². The summed E-state index contributed by atoms with van der Waals surface area (Å²) in [6.45, 7) is 0.